The summed E-state index contributed by atoms with van der Waals surface area (Å²) >= 11 is 1.71. The van der Waals surface area contributed by atoms with Crippen LogP contribution in [0.5, 0.6) is 0 Å². The summed E-state index contributed by atoms with van der Waals surface area (Å²) in [7, 11) is 1.94. The van der Waals surface area contributed by atoms with Crippen LogP contribution in [0.15, 0.2) is 24.3 Å². The van der Waals surface area contributed by atoms with E-state index in [4.69, 9.17) is 0 Å². The number of hydrogen-bond donors (Lipinski definition) is 0. The Morgan fingerprint density at radius 2 is 2.21 bits per heavy atom. The minimum atomic E-state index is 0.261. The molecule has 1 aromatic carbocycles. The first-order valence-corrected chi connectivity index (χ1v) is 8.12. The third-order valence-electron chi connectivity index (χ3n) is 3.89. The summed E-state index contributed by atoms with van der Waals surface area (Å²) in [5.41, 5.74) is 2.58. The molecule has 0 N–H and O–H groups in total. The number of aryl methyl sites for hydroxylation is 1. The van der Waals surface area contributed by atoms with Crippen LogP contribution in [0.25, 0.3) is 0 Å². The van der Waals surface area contributed by atoms with Gasteiger partial charge in [0.05, 0.1) is 5.75 Å². The summed E-state index contributed by atoms with van der Waals surface area (Å²) in [5.74, 6) is 2.51. The summed E-state index contributed by atoms with van der Waals surface area (Å²) in [6.07, 6.45) is 2.57. The van der Waals surface area contributed by atoms with Crippen molar-refractivity contribution in [1.82, 2.24) is 4.90 Å². The van der Waals surface area contributed by atoms with Crippen LogP contribution in [-0.2, 0) is 10.5 Å². The van der Waals surface area contributed by atoms with Gasteiger partial charge in [0.1, 0.15) is 0 Å². The Kier molecular flexibility index (Phi) is 4.92. The average molecular weight is 277 g/mol. The third-order valence-corrected chi connectivity index (χ3v) is 4.87. The fourth-order valence-electron chi connectivity index (χ4n) is 2.28. The molecule has 104 valence electrons. The summed E-state index contributed by atoms with van der Waals surface area (Å²) in [5, 5.41) is 0. The Balaban J connectivity index is 1.74. The highest BCUT2D eigenvalue weighted by Crippen LogP contribution is 2.34. The van der Waals surface area contributed by atoms with Gasteiger partial charge in [-0.15, -0.1) is 11.8 Å². The molecule has 1 aromatic rings. The molecule has 0 aliphatic heterocycles. The van der Waals surface area contributed by atoms with E-state index in [1.165, 1.54) is 24.0 Å². The van der Waals surface area contributed by atoms with Crippen LogP contribution in [0.1, 0.15) is 30.9 Å². The van der Waals surface area contributed by atoms with Gasteiger partial charge in [0.15, 0.2) is 0 Å². The van der Waals surface area contributed by atoms with Gasteiger partial charge in [-0.1, -0.05) is 29.8 Å². The molecule has 3 heteroatoms. The second kappa shape index (κ2) is 6.47. The van der Waals surface area contributed by atoms with Gasteiger partial charge in [-0.25, -0.2) is 0 Å². The molecule has 19 heavy (non-hydrogen) atoms. The van der Waals surface area contributed by atoms with Crippen molar-refractivity contribution in [2.24, 2.45) is 5.92 Å². The van der Waals surface area contributed by atoms with E-state index in [0.29, 0.717) is 11.8 Å². The topological polar surface area (TPSA) is 20.3 Å². The highest BCUT2D eigenvalue weighted by atomic mass is 32.2. The predicted molar refractivity (Wildman–Crippen MR) is 82.3 cm³/mol. The molecule has 0 radical (unpaired) electrons. The molecule has 0 heterocycles. The lowest BCUT2D eigenvalue weighted by atomic mass is 10.2. The second-order valence-electron chi connectivity index (χ2n) is 5.56. The van der Waals surface area contributed by atoms with Gasteiger partial charge in [-0.2, -0.15) is 0 Å². The maximum Gasteiger partial charge on any atom is 0.232 e. The van der Waals surface area contributed by atoms with Crippen LogP contribution in [-0.4, -0.2) is 29.6 Å². The third kappa shape index (κ3) is 4.27. The Morgan fingerprint density at radius 3 is 2.84 bits per heavy atom. The number of rotatable bonds is 6. The minimum absolute atomic E-state index is 0.261. The number of carbonyl (C=O) groups is 1. The number of hydrogen-bond acceptors (Lipinski definition) is 2. The zero-order valence-corrected chi connectivity index (χ0v) is 12.9. The molecule has 0 saturated heterocycles. The Hall–Kier alpha value is -0.960. The van der Waals surface area contributed by atoms with E-state index >= 15 is 0 Å². The summed E-state index contributed by atoms with van der Waals surface area (Å²) in [6, 6.07) is 8.90. The van der Waals surface area contributed by atoms with E-state index in [1.54, 1.807) is 11.8 Å². The molecule has 2 rings (SSSR count). The van der Waals surface area contributed by atoms with Gasteiger partial charge in [0.25, 0.3) is 0 Å². The van der Waals surface area contributed by atoms with Gasteiger partial charge >= 0.3 is 0 Å². The zero-order valence-electron chi connectivity index (χ0n) is 12.1. The Labute approximate surface area is 120 Å². The van der Waals surface area contributed by atoms with Crippen LogP contribution >= 0.6 is 11.8 Å². The first-order valence-electron chi connectivity index (χ1n) is 6.97. The molecular formula is C16H23NOS. The summed E-state index contributed by atoms with van der Waals surface area (Å²) < 4.78 is 0. The molecule has 0 aromatic heterocycles. The van der Waals surface area contributed by atoms with E-state index in [2.05, 4.69) is 38.1 Å². The number of carbonyl (C=O) groups excluding carboxylic acids is 1. The number of thioether (sulfide) groups is 1. The van der Waals surface area contributed by atoms with Crippen LogP contribution in [0.2, 0.25) is 0 Å². The highest BCUT2D eigenvalue weighted by molar-refractivity contribution is 7.99. The zero-order chi connectivity index (χ0) is 13.8. The van der Waals surface area contributed by atoms with Crippen molar-refractivity contribution in [3.05, 3.63) is 35.4 Å². The van der Waals surface area contributed by atoms with Crippen LogP contribution in [0, 0.1) is 12.8 Å². The fraction of sp³-hybridized carbons (Fsp3) is 0.562. The van der Waals surface area contributed by atoms with E-state index in [9.17, 15) is 4.79 Å². The van der Waals surface area contributed by atoms with Gasteiger partial charge in [-0.05, 0) is 38.2 Å². The smallest absolute Gasteiger partial charge is 0.232 e. The van der Waals surface area contributed by atoms with Gasteiger partial charge < -0.3 is 4.90 Å². The molecule has 1 saturated carbocycles. The first-order chi connectivity index (χ1) is 9.08. The lowest BCUT2D eigenvalue weighted by Gasteiger charge is -2.24. The van der Waals surface area contributed by atoms with Crippen molar-refractivity contribution >= 4 is 17.7 Å². The second-order valence-corrected chi connectivity index (χ2v) is 6.55. The van der Waals surface area contributed by atoms with Crippen molar-refractivity contribution in [3.8, 4) is 0 Å². The SMILES string of the molecule is Cc1cccc(CSCC(=O)N(C)C(C)C2CC2)c1. The molecule has 0 bridgehead atoms. The van der Waals surface area contributed by atoms with Crippen molar-refractivity contribution in [2.75, 3.05) is 12.8 Å². The average Bonchev–Trinajstić information content (AvgIpc) is 3.21. The maximum atomic E-state index is 12.1. The maximum absolute atomic E-state index is 12.1. The quantitative estimate of drug-likeness (QED) is 0.793. The minimum Gasteiger partial charge on any atom is -0.342 e. The molecule has 1 aliphatic rings. The molecule has 1 unspecified atom stereocenters. The van der Waals surface area contributed by atoms with Gasteiger partial charge in [0, 0.05) is 18.8 Å². The molecular weight excluding hydrogens is 254 g/mol. The number of nitrogens with zero attached hydrogens (tertiary/aromatic N) is 1. The van der Waals surface area contributed by atoms with Crippen LogP contribution in [0.3, 0.4) is 0 Å². The lowest BCUT2D eigenvalue weighted by Crippen LogP contribution is -2.37. The molecule has 1 atom stereocenters. The Bertz CT molecular complexity index is 442. The number of benzene rings is 1. The van der Waals surface area contributed by atoms with Crippen LogP contribution in [0.4, 0.5) is 0 Å². The monoisotopic (exact) mass is 277 g/mol. The standard InChI is InChI=1S/C16H23NOS/c1-12-5-4-6-14(9-12)10-19-11-16(18)17(3)13(2)15-7-8-15/h4-6,9,13,15H,7-8,10-11H2,1-3H3. The summed E-state index contributed by atoms with van der Waals surface area (Å²) in [6.45, 7) is 4.27. The van der Waals surface area contributed by atoms with Crippen molar-refractivity contribution in [1.29, 1.82) is 0 Å². The van der Waals surface area contributed by atoms with E-state index in [1.807, 2.05) is 11.9 Å². The molecule has 1 aliphatic carbocycles. The molecule has 0 spiro atoms. The summed E-state index contributed by atoms with van der Waals surface area (Å²) in [4.78, 5) is 14.0. The normalized spacial score (nSPS) is 16.2. The lowest BCUT2D eigenvalue weighted by molar-refractivity contribution is -0.129. The Morgan fingerprint density at radius 1 is 1.47 bits per heavy atom. The van der Waals surface area contributed by atoms with Gasteiger partial charge in [0.2, 0.25) is 5.91 Å². The van der Waals surface area contributed by atoms with Crippen molar-refractivity contribution < 1.29 is 4.79 Å². The van der Waals surface area contributed by atoms with E-state index in [-0.39, 0.29) is 5.91 Å². The van der Waals surface area contributed by atoms with E-state index in [0.717, 1.165) is 11.7 Å². The highest BCUT2D eigenvalue weighted by Gasteiger charge is 2.32. The van der Waals surface area contributed by atoms with Gasteiger partial charge in [-0.3, -0.25) is 4.79 Å². The van der Waals surface area contributed by atoms with E-state index < -0.39 is 0 Å². The molecule has 1 amide bonds. The number of amides is 1. The largest absolute Gasteiger partial charge is 0.342 e. The molecule has 1 fully saturated rings. The predicted octanol–water partition coefficient (Wildman–Crippen LogP) is 3.49. The van der Waals surface area contributed by atoms with Crippen molar-refractivity contribution in [3.63, 3.8) is 0 Å². The molecule has 2 nitrogen and oxygen atoms in total. The van der Waals surface area contributed by atoms with Crippen LogP contribution < -0.4 is 0 Å². The first kappa shape index (κ1) is 14.4. The fourth-order valence-corrected chi connectivity index (χ4v) is 3.18. The van der Waals surface area contributed by atoms with Crippen molar-refractivity contribution in [2.45, 2.75) is 38.5 Å².